The van der Waals surface area contributed by atoms with Crippen LogP contribution in [0.4, 0.5) is 16.0 Å². The standard InChI is InChI=1S/C15H16N6S/c1-2-6-16-12(5-1)19-15-20-13(11-9-17-18-10-11)14(22-15)21-7-3-4-8-21/h1-2,5-6,9-10H,3-4,7-8H2,(H,17,18)(H,16,19,20). The van der Waals surface area contributed by atoms with Crippen LogP contribution in [-0.4, -0.2) is 33.3 Å². The first-order chi connectivity index (χ1) is 10.9. The fourth-order valence-electron chi connectivity index (χ4n) is 2.61. The largest absolute Gasteiger partial charge is 0.362 e. The first-order valence-corrected chi connectivity index (χ1v) is 8.15. The molecule has 6 nitrogen and oxygen atoms in total. The Morgan fingerprint density at radius 1 is 1.23 bits per heavy atom. The minimum Gasteiger partial charge on any atom is -0.362 e. The molecule has 0 spiro atoms. The molecular weight excluding hydrogens is 296 g/mol. The Morgan fingerprint density at radius 3 is 2.86 bits per heavy atom. The number of rotatable bonds is 4. The van der Waals surface area contributed by atoms with Crippen LogP contribution in [0.3, 0.4) is 0 Å². The summed E-state index contributed by atoms with van der Waals surface area (Å²) in [6, 6.07) is 5.80. The molecule has 1 aliphatic rings. The maximum atomic E-state index is 4.76. The van der Waals surface area contributed by atoms with Gasteiger partial charge in [-0.3, -0.25) is 5.10 Å². The van der Waals surface area contributed by atoms with Gasteiger partial charge in [-0.2, -0.15) is 5.10 Å². The van der Waals surface area contributed by atoms with Crippen molar-refractivity contribution in [1.29, 1.82) is 0 Å². The van der Waals surface area contributed by atoms with E-state index in [0.717, 1.165) is 35.3 Å². The van der Waals surface area contributed by atoms with Crippen molar-refractivity contribution in [2.24, 2.45) is 0 Å². The van der Waals surface area contributed by atoms with Crippen LogP contribution in [0.1, 0.15) is 12.8 Å². The van der Waals surface area contributed by atoms with Gasteiger partial charge in [0.25, 0.3) is 0 Å². The van der Waals surface area contributed by atoms with E-state index < -0.39 is 0 Å². The summed E-state index contributed by atoms with van der Waals surface area (Å²) in [6.07, 6.45) is 7.96. The Labute approximate surface area is 132 Å². The molecule has 1 saturated heterocycles. The first kappa shape index (κ1) is 13.3. The number of nitrogens with zero attached hydrogens (tertiary/aromatic N) is 4. The van der Waals surface area contributed by atoms with E-state index in [2.05, 4.69) is 25.4 Å². The van der Waals surface area contributed by atoms with Gasteiger partial charge in [-0.1, -0.05) is 17.4 Å². The lowest BCUT2D eigenvalue weighted by Gasteiger charge is -2.15. The van der Waals surface area contributed by atoms with Gasteiger partial charge in [-0.05, 0) is 25.0 Å². The summed E-state index contributed by atoms with van der Waals surface area (Å²) >= 11 is 1.67. The third-order valence-corrected chi connectivity index (χ3v) is 4.71. The van der Waals surface area contributed by atoms with Gasteiger partial charge in [-0.15, -0.1) is 0 Å². The quantitative estimate of drug-likeness (QED) is 0.774. The van der Waals surface area contributed by atoms with E-state index in [0.29, 0.717) is 0 Å². The number of aromatic nitrogens is 4. The zero-order valence-corrected chi connectivity index (χ0v) is 12.8. The van der Waals surface area contributed by atoms with Gasteiger partial charge in [-0.25, -0.2) is 9.97 Å². The van der Waals surface area contributed by atoms with E-state index in [4.69, 9.17) is 4.98 Å². The smallest absolute Gasteiger partial charge is 0.190 e. The molecule has 0 atom stereocenters. The SMILES string of the molecule is c1ccc(Nc2nc(-c3cn[nH]c3)c(N3CCCC3)s2)nc1. The second-order valence-electron chi connectivity index (χ2n) is 5.19. The molecule has 22 heavy (non-hydrogen) atoms. The highest BCUT2D eigenvalue weighted by Crippen LogP contribution is 2.40. The lowest BCUT2D eigenvalue weighted by molar-refractivity contribution is 0.949. The Hall–Kier alpha value is -2.41. The molecule has 3 aromatic rings. The minimum atomic E-state index is 0.808. The molecule has 1 aliphatic heterocycles. The van der Waals surface area contributed by atoms with E-state index in [1.54, 1.807) is 17.5 Å². The Bertz CT molecular complexity index is 731. The van der Waals surface area contributed by atoms with Gasteiger partial charge in [0, 0.05) is 31.0 Å². The van der Waals surface area contributed by atoms with Crippen LogP contribution in [-0.2, 0) is 0 Å². The van der Waals surface area contributed by atoms with Crippen molar-refractivity contribution < 1.29 is 0 Å². The summed E-state index contributed by atoms with van der Waals surface area (Å²) < 4.78 is 0. The zero-order chi connectivity index (χ0) is 14.8. The van der Waals surface area contributed by atoms with Crippen molar-refractivity contribution in [3.63, 3.8) is 0 Å². The molecule has 2 N–H and O–H groups in total. The maximum Gasteiger partial charge on any atom is 0.190 e. The molecule has 4 heterocycles. The van der Waals surface area contributed by atoms with Crippen molar-refractivity contribution in [2.75, 3.05) is 23.3 Å². The van der Waals surface area contributed by atoms with Gasteiger partial charge >= 0.3 is 0 Å². The number of hydrogen-bond acceptors (Lipinski definition) is 6. The van der Waals surface area contributed by atoms with Crippen molar-refractivity contribution in [3.8, 4) is 11.3 Å². The number of anilines is 3. The van der Waals surface area contributed by atoms with Crippen molar-refractivity contribution in [1.82, 2.24) is 20.2 Å². The molecule has 0 aromatic carbocycles. The summed E-state index contributed by atoms with van der Waals surface area (Å²) in [5, 5.41) is 12.3. The summed E-state index contributed by atoms with van der Waals surface area (Å²) in [4.78, 5) is 11.5. The third kappa shape index (κ3) is 2.55. The second-order valence-corrected chi connectivity index (χ2v) is 6.17. The van der Waals surface area contributed by atoms with Crippen LogP contribution >= 0.6 is 11.3 Å². The number of aromatic amines is 1. The predicted octanol–water partition coefficient (Wildman–Crippen LogP) is 3.27. The molecule has 0 unspecified atom stereocenters. The number of pyridine rings is 1. The van der Waals surface area contributed by atoms with E-state index in [-0.39, 0.29) is 0 Å². The van der Waals surface area contributed by atoms with E-state index >= 15 is 0 Å². The molecule has 0 saturated carbocycles. The molecule has 7 heteroatoms. The van der Waals surface area contributed by atoms with Crippen LogP contribution in [0.25, 0.3) is 11.3 Å². The fraction of sp³-hybridized carbons (Fsp3) is 0.267. The number of thiazole rings is 1. The van der Waals surface area contributed by atoms with Gasteiger partial charge in [0.05, 0.1) is 6.20 Å². The molecule has 112 valence electrons. The third-order valence-electron chi connectivity index (χ3n) is 3.67. The zero-order valence-electron chi connectivity index (χ0n) is 12.0. The average molecular weight is 312 g/mol. The van der Waals surface area contributed by atoms with Crippen molar-refractivity contribution in [2.45, 2.75) is 12.8 Å². The molecule has 0 aliphatic carbocycles. The lowest BCUT2D eigenvalue weighted by Crippen LogP contribution is -2.16. The number of hydrogen-bond donors (Lipinski definition) is 2. The predicted molar refractivity (Wildman–Crippen MR) is 88.7 cm³/mol. The second kappa shape index (κ2) is 5.76. The first-order valence-electron chi connectivity index (χ1n) is 7.33. The summed E-state index contributed by atoms with van der Waals surface area (Å²) in [6.45, 7) is 2.19. The van der Waals surface area contributed by atoms with E-state index in [1.807, 2.05) is 30.6 Å². The highest BCUT2D eigenvalue weighted by molar-refractivity contribution is 7.20. The number of H-pyrrole nitrogens is 1. The number of nitrogens with one attached hydrogen (secondary N) is 2. The van der Waals surface area contributed by atoms with E-state index in [9.17, 15) is 0 Å². The van der Waals surface area contributed by atoms with Gasteiger partial charge in [0.15, 0.2) is 5.13 Å². The summed E-state index contributed by atoms with van der Waals surface area (Å²) in [5.41, 5.74) is 2.01. The molecule has 1 fully saturated rings. The highest BCUT2D eigenvalue weighted by Gasteiger charge is 2.22. The minimum absolute atomic E-state index is 0.808. The summed E-state index contributed by atoms with van der Waals surface area (Å²) in [5.74, 6) is 0.808. The van der Waals surface area contributed by atoms with Crippen molar-refractivity contribution >= 4 is 27.3 Å². The molecule has 4 rings (SSSR count). The fourth-order valence-corrected chi connectivity index (χ4v) is 3.66. The summed E-state index contributed by atoms with van der Waals surface area (Å²) in [7, 11) is 0. The van der Waals surface area contributed by atoms with Crippen LogP contribution in [0.2, 0.25) is 0 Å². The average Bonchev–Trinajstić information content (AvgIpc) is 3.29. The Morgan fingerprint density at radius 2 is 2.14 bits per heavy atom. The van der Waals surface area contributed by atoms with E-state index in [1.165, 1.54) is 17.8 Å². The molecule has 0 bridgehead atoms. The maximum absolute atomic E-state index is 4.76. The van der Waals surface area contributed by atoms with Crippen LogP contribution in [0.5, 0.6) is 0 Å². The van der Waals surface area contributed by atoms with Crippen LogP contribution in [0.15, 0.2) is 36.8 Å². The highest BCUT2D eigenvalue weighted by atomic mass is 32.1. The van der Waals surface area contributed by atoms with Gasteiger partial charge < -0.3 is 10.2 Å². The molecule has 0 amide bonds. The Balaban J connectivity index is 1.70. The van der Waals surface area contributed by atoms with Crippen LogP contribution in [0, 0.1) is 0 Å². The molecule has 3 aromatic heterocycles. The van der Waals surface area contributed by atoms with Gasteiger partial charge in [0.2, 0.25) is 0 Å². The van der Waals surface area contributed by atoms with Gasteiger partial charge in [0.1, 0.15) is 16.5 Å². The molecule has 0 radical (unpaired) electrons. The lowest BCUT2D eigenvalue weighted by atomic mass is 10.2. The normalized spacial score (nSPS) is 14.5. The Kier molecular flexibility index (Phi) is 3.48. The van der Waals surface area contributed by atoms with Crippen molar-refractivity contribution in [3.05, 3.63) is 36.8 Å². The molecular formula is C15H16N6S. The topological polar surface area (TPSA) is 69.7 Å². The van der Waals surface area contributed by atoms with Crippen LogP contribution < -0.4 is 10.2 Å². The monoisotopic (exact) mass is 312 g/mol.